The number of rotatable bonds is 4. The van der Waals surface area contributed by atoms with Gasteiger partial charge >= 0.3 is 0 Å². The lowest BCUT2D eigenvalue weighted by Gasteiger charge is -2.16. The number of fused-ring (bicyclic) bond motifs is 1. The number of nitrogens with zero attached hydrogens (tertiary/aromatic N) is 5. The molecular weight excluding hydrogens is 280 g/mol. The van der Waals surface area contributed by atoms with Crippen LogP contribution in [-0.4, -0.2) is 36.5 Å². The molecule has 2 aliphatic rings. The summed E-state index contributed by atoms with van der Waals surface area (Å²) in [6, 6.07) is 2.03. The average molecular weight is 300 g/mol. The van der Waals surface area contributed by atoms with Crippen molar-refractivity contribution in [2.75, 3.05) is 0 Å². The summed E-state index contributed by atoms with van der Waals surface area (Å²) in [5.41, 5.74) is 0. The molecule has 22 heavy (non-hydrogen) atoms. The number of aryl methyl sites for hydroxylation is 1. The van der Waals surface area contributed by atoms with Gasteiger partial charge in [0.1, 0.15) is 18.2 Å². The number of carbonyl (C=O) groups is 1. The molecule has 1 unspecified atom stereocenters. The van der Waals surface area contributed by atoms with Crippen LogP contribution in [0.3, 0.4) is 0 Å². The van der Waals surface area contributed by atoms with E-state index in [1.54, 1.807) is 17.1 Å². The minimum Gasteiger partial charge on any atom is -0.352 e. The van der Waals surface area contributed by atoms with Crippen molar-refractivity contribution in [3.05, 3.63) is 30.1 Å². The third kappa shape index (κ3) is 2.75. The van der Waals surface area contributed by atoms with Gasteiger partial charge in [-0.1, -0.05) is 0 Å². The number of aromatic nitrogens is 5. The van der Waals surface area contributed by atoms with Crippen LogP contribution in [0.25, 0.3) is 0 Å². The third-order valence-corrected chi connectivity index (χ3v) is 4.45. The first kappa shape index (κ1) is 13.5. The van der Waals surface area contributed by atoms with Gasteiger partial charge in [-0.05, 0) is 31.7 Å². The van der Waals surface area contributed by atoms with E-state index in [4.69, 9.17) is 0 Å². The molecule has 1 aliphatic heterocycles. The zero-order valence-electron chi connectivity index (χ0n) is 12.5. The Morgan fingerprint density at radius 3 is 2.95 bits per heavy atom. The second-order valence-corrected chi connectivity index (χ2v) is 6.20. The normalized spacial score (nSPS) is 21.2. The SMILES string of the molecule is O=C(Cn1cccn1)NC1CCc2nnc(C3CC3)n2CC1. The van der Waals surface area contributed by atoms with Gasteiger partial charge < -0.3 is 9.88 Å². The fraction of sp³-hybridized carbons (Fsp3) is 0.600. The molecule has 1 aliphatic carbocycles. The maximum absolute atomic E-state index is 12.1. The van der Waals surface area contributed by atoms with E-state index in [1.807, 2.05) is 6.07 Å². The van der Waals surface area contributed by atoms with Gasteiger partial charge in [0.15, 0.2) is 0 Å². The standard InChI is InChI=1S/C15H20N6O/c22-14(10-20-8-1-7-16-20)17-12-4-5-13-18-19-15(11-2-3-11)21(13)9-6-12/h1,7-8,11-12H,2-6,9-10H2,(H,17,22). The molecule has 2 aromatic rings. The Kier molecular flexibility index (Phi) is 3.40. The summed E-state index contributed by atoms with van der Waals surface area (Å²) in [6.07, 6.45) is 8.71. The van der Waals surface area contributed by atoms with Crippen molar-refractivity contribution in [3.8, 4) is 0 Å². The first-order valence-corrected chi connectivity index (χ1v) is 7.98. The lowest BCUT2D eigenvalue weighted by Crippen LogP contribution is -2.37. The summed E-state index contributed by atoms with van der Waals surface area (Å²) in [5.74, 6) is 2.87. The van der Waals surface area contributed by atoms with Gasteiger partial charge in [-0.15, -0.1) is 10.2 Å². The van der Waals surface area contributed by atoms with E-state index in [-0.39, 0.29) is 18.5 Å². The first-order chi connectivity index (χ1) is 10.8. The zero-order chi connectivity index (χ0) is 14.9. The summed E-state index contributed by atoms with van der Waals surface area (Å²) < 4.78 is 3.92. The molecule has 7 heteroatoms. The monoisotopic (exact) mass is 300 g/mol. The zero-order valence-corrected chi connectivity index (χ0v) is 12.5. The van der Waals surface area contributed by atoms with Crippen LogP contribution in [0.15, 0.2) is 18.5 Å². The molecule has 7 nitrogen and oxygen atoms in total. The summed E-state index contributed by atoms with van der Waals surface area (Å²) >= 11 is 0. The van der Waals surface area contributed by atoms with Crippen molar-refractivity contribution < 1.29 is 4.79 Å². The van der Waals surface area contributed by atoms with Crippen LogP contribution in [0, 0.1) is 0 Å². The number of nitrogens with one attached hydrogen (secondary N) is 1. The maximum Gasteiger partial charge on any atom is 0.241 e. The fourth-order valence-corrected chi connectivity index (χ4v) is 3.11. The Hall–Kier alpha value is -2.18. The lowest BCUT2D eigenvalue weighted by atomic mass is 10.1. The molecule has 1 atom stereocenters. The molecule has 1 amide bonds. The molecule has 4 rings (SSSR count). The highest BCUT2D eigenvalue weighted by atomic mass is 16.2. The van der Waals surface area contributed by atoms with Gasteiger partial charge in [0, 0.05) is 37.3 Å². The van der Waals surface area contributed by atoms with E-state index in [1.165, 1.54) is 12.8 Å². The maximum atomic E-state index is 12.1. The third-order valence-electron chi connectivity index (χ3n) is 4.45. The highest BCUT2D eigenvalue weighted by Gasteiger charge is 2.31. The van der Waals surface area contributed by atoms with Crippen molar-refractivity contribution >= 4 is 5.91 Å². The number of hydrogen-bond donors (Lipinski definition) is 1. The summed E-state index contributed by atoms with van der Waals surface area (Å²) in [5, 5.41) is 15.9. The van der Waals surface area contributed by atoms with E-state index in [0.29, 0.717) is 5.92 Å². The smallest absolute Gasteiger partial charge is 0.241 e. The molecule has 0 radical (unpaired) electrons. The van der Waals surface area contributed by atoms with E-state index < -0.39 is 0 Å². The summed E-state index contributed by atoms with van der Waals surface area (Å²) in [7, 11) is 0. The van der Waals surface area contributed by atoms with Crippen molar-refractivity contribution in [1.82, 2.24) is 29.9 Å². The molecule has 116 valence electrons. The van der Waals surface area contributed by atoms with E-state index in [2.05, 4.69) is 25.2 Å². The number of carbonyl (C=O) groups excluding carboxylic acids is 1. The summed E-state index contributed by atoms with van der Waals surface area (Å²) in [4.78, 5) is 12.1. The molecule has 3 heterocycles. The number of hydrogen-bond acceptors (Lipinski definition) is 4. The molecule has 1 N–H and O–H groups in total. The van der Waals surface area contributed by atoms with E-state index in [9.17, 15) is 4.79 Å². The minimum atomic E-state index is 0.0220. The fourth-order valence-electron chi connectivity index (χ4n) is 3.11. The van der Waals surface area contributed by atoms with Gasteiger partial charge in [0.2, 0.25) is 5.91 Å². The Balaban J connectivity index is 1.36. The highest BCUT2D eigenvalue weighted by molar-refractivity contribution is 5.75. The van der Waals surface area contributed by atoms with Crippen molar-refractivity contribution in [2.24, 2.45) is 0 Å². The molecule has 0 saturated heterocycles. The van der Waals surface area contributed by atoms with Gasteiger partial charge in [0.25, 0.3) is 0 Å². The predicted octanol–water partition coefficient (Wildman–Crippen LogP) is 0.873. The molecule has 2 aromatic heterocycles. The van der Waals surface area contributed by atoms with Crippen LogP contribution in [0.1, 0.15) is 43.3 Å². The minimum absolute atomic E-state index is 0.0220. The topological polar surface area (TPSA) is 77.6 Å². The van der Waals surface area contributed by atoms with Gasteiger partial charge in [-0.25, -0.2) is 0 Å². The Labute approximate surface area is 128 Å². The van der Waals surface area contributed by atoms with Gasteiger partial charge in [-0.2, -0.15) is 5.10 Å². The van der Waals surface area contributed by atoms with E-state index >= 15 is 0 Å². The van der Waals surface area contributed by atoms with Crippen molar-refractivity contribution in [3.63, 3.8) is 0 Å². The van der Waals surface area contributed by atoms with Crippen LogP contribution < -0.4 is 5.32 Å². The molecular formula is C15H20N6O. The number of amides is 1. The van der Waals surface area contributed by atoms with Crippen LogP contribution >= 0.6 is 0 Å². The highest BCUT2D eigenvalue weighted by Crippen LogP contribution is 2.39. The Morgan fingerprint density at radius 2 is 2.18 bits per heavy atom. The predicted molar refractivity (Wildman–Crippen MR) is 79.1 cm³/mol. The quantitative estimate of drug-likeness (QED) is 0.909. The van der Waals surface area contributed by atoms with Crippen molar-refractivity contribution in [1.29, 1.82) is 0 Å². The second-order valence-electron chi connectivity index (χ2n) is 6.20. The lowest BCUT2D eigenvalue weighted by molar-refractivity contribution is -0.122. The van der Waals surface area contributed by atoms with Crippen molar-refractivity contribution in [2.45, 2.75) is 57.2 Å². The molecule has 0 aromatic carbocycles. The molecule has 0 bridgehead atoms. The first-order valence-electron chi connectivity index (χ1n) is 7.98. The van der Waals surface area contributed by atoms with E-state index in [0.717, 1.165) is 37.5 Å². The largest absolute Gasteiger partial charge is 0.352 e. The van der Waals surface area contributed by atoms with Gasteiger partial charge in [-0.3, -0.25) is 9.48 Å². The summed E-state index contributed by atoms with van der Waals surface area (Å²) in [6.45, 7) is 1.18. The van der Waals surface area contributed by atoms with Gasteiger partial charge in [0.05, 0.1) is 0 Å². The van der Waals surface area contributed by atoms with Crippen LogP contribution in [0.2, 0.25) is 0 Å². The van der Waals surface area contributed by atoms with Crippen LogP contribution in [0.5, 0.6) is 0 Å². The van der Waals surface area contributed by atoms with Crippen LogP contribution in [0.4, 0.5) is 0 Å². The Bertz CT molecular complexity index is 658. The molecule has 0 spiro atoms. The average Bonchev–Trinajstić information content (AvgIpc) is 3.14. The second kappa shape index (κ2) is 5.55. The molecule has 1 saturated carbocycles. The molecule has 1 fully saturated rings. The van der Waals surface area contributed by atoms with Crippen LogP contribution in [-0.2, 0) is 24.3 Å². The Morgan fingerprint density at radius 1 is 1.27 bits per heavy atom.